The largest absolute Gasteiger partial charge is 0.379 e. The van der Waals surface area contributed by atoms with Gasteiger partial charge in [0, 0.05) is 12.6 Å². The molecule has 1 saturated carbocycles. The highest BCUT2D eigenvalue weighted by Gasteiger charge is 2.12. The van der Waals surface area contributed by atoms with Crippen molar-refractivity contribution in [1.82, 2.24) is 5.32 Å². The maximum absolute atomic E-state index is 5.48. The smallest absolute Gasteiger partial charge is 0.0703 e. The molecule has 0 aromatic heterocycles. The van der Waals surface area contributed by atoms with Crippen LogP contribution < -0.4 is 5.32 Å². The Morgan fingerprint density at radius 1 is 1.12 bits per heavy atom. The lowest BCUT2D eigenvalue weighted by molar-refractivity contribution is 0.0190. The molecule has 1 fully saturated rings. The van der Waals surface area contributed by atoms with Gasteiger partial charge in [0.1, 0.15) is 0 Å². The van der Waals surface area contributed by atoms with E-state index in [0.29, 0.717) is 12.7 Å². The van der Waals surface area contributed by atoms with Crippen molar-refractivity contribution in [2.24, 2.45) is 0 Å². The number of hydrogen-bond donors (Lipinski definition) is 1. The van der Waals surface area contributed by atoms with Crippen molar-refractivity contribution < 1.29 is 9.47 Å². The second kappa shape index (κ2) is 8.97. The van der Waals surface area contributed by atoms with E-state index >= 15 is 0 Å². The third kappa shape index (κ3) is 7.20. The molecule has 0 aromatic carbocycles. The fraction of sp³-hybridized carbons (Fsp3) is 1.00. The Morgan fingerprint density at radius 3 is 2.56 bits per heavy atom. The molecule has 0 heterocycles. The van der Waals surface area contributed by atoms with E-state index in [2.05, 4.69) is 5.32 Å². The molecule has 0 aliphatic heterocycles. The Labute approximate surface area is 99.9 Å². The molecule has 1 aliphatic rings. The predicted molar refractivity (Wildman–Crippen MR) is 66.8 cm³/mol. The lowest BCUT2D eigenvalue weighted by atomic mass is 10.2. The summed E-state index contributed by atoms with van der Waals surface area (Å²) in [6.45, 7) is 7.48. The average Bonchev–Trinajstić information content (AvgIpc) is 2.74. The Morgan fingerprint density at radius 2 is 1.88 bits per heavy atom. The van der Waals surface area contributed by atoms with Crippen LogP contribution in [-0.4, -0.2) is 38.5 Å². The van der Waals surface area contributed by atoms with Gasteiger partial charge in [-0.2, -0.15) is 0 Å². The lowest BCUT2D eigenvalue weighted by Gasteiger charge is -2.11. The number of ether oxygens (including phenoxy) is 2. The zero-order valence-electron chi connectivity index (χ0n) is 10.8. The van der Waals surface area contributed by atoms with E-state index < -0.39 is 0 Å². The highest BCUT2D eigenvalue weighted by atomic mass is 16.5. The minimum absolute atomic E-state index is 0.313. The lowest BCUT2D eigenvalue weighted by Crippen LogP contribution is -2.27. The van der Waals surface area contributed by atoms with E-state index in [-0.39, 0.29) is 0 Å². The van der Waals surface area contributed by atoms with E-state index in [0.717, 1.165) is 32.2 Å². The molecule has 0 radical (unpaired) electrons. The van der Waals surface area contributed by atoms with Crippen LogP contribution in [0.5, 0.6) is 0 Å². The minimum Gasteiger partial charge on any atom is -0.379 e. The molecule has 0 atom stereocenters. The third-order valence-electron chi connectivity index (χ3n) is 2.93. The molecule has 0 amide bonds. The molecule has 16 heavy (non-hydrogen) atoms. The van der Waals surface area contributed by atoms with Gasteiger partial charge in [-0.1, -0.05) is 12.8 Å². The highest BCUT2D eigenvalue weighted by Crippen LogP contribution is 2.17. The first kappa shape index (κ1) is 13.9. The van der Waals surface area contributed by atoms with Gasteiger partial charge in [-0.3, -0.25) is 0 Å². The third-order valence-corrected chi connectivity index (χ3v) is 2.93. The first-order valence-corrected chi connectivity index (χ1v) is 6.72. The van der Waals surface area contributed by atoms with Crippen LogP contribution >= 0.6 is 0 Å². The van der Waals surface area contributed by atoms with Crippen molar-refractivity contribution in [3.63, 3.8) is 0 Å². The standard InChI is InChI=1S/C13H27NO2/c1-12(2)16-11-10-15-9-5-8-14-13-6-3-4-7-13/h12-14H,3-11H2,1-2H3. The minimum atomic E-state index is 0.313. The van der Waals surface area contributed by atoms with E-state index in [1.54, 1.807) is 0 Å². The Bertz CT molecular complexity index is 156. The fourth-order valence-corrected chi connectivity index (χ4v) is 2.06. The van der Waals surface area contributed by atoms with Crippen molar-refractivity contribution >= 4 is 0 Å². The summed E-state index contributed by atoms with van der Waals surface area (Å²) in [5, 5.41) is 3.58. The molecule has 0 spiro atoms. The summed E-state index contributed by atoms with van der Waals surface area (Å²) >= 11 is 0. The van der Waals surface area contributed by atoms with Crippen molar-refractivity contribution in [3.05, 3.63) is 0 Å². The summed E-state index contributed by atoms with van der Waals surface area (Å²) in [7, 11) is 0. The van der Waals surface area contributed by atoms with Gasteiger partial charge < -0.3 is 14.8 Å². The van der Waals surface area contributed by atoms with Gasteiger partial charge in [-0.05, 0) is 39.7 Å². The van der Waals surface area contributed by atoms with Crippen LogP contribution in [0.3, 0.4) is 0 Å². The van der Waals surface area contributed by atoms with Gasteiger partial charge in [0.25, 0.3) is 0 Å². The van der Waals surface area contributed by atoms with E-state index in [1.807, 2.05) is 13.8 Å². The molecule has 0 aromatic rings. The molecule has 1 aliphatic carbocycles. The van der Waals surface area contributed by atoms with Gasteiger partial charge in [0.2, 0.25) is 0 Å². The van der Waals surface area contributed by atoms with Crippen LogP contribution in [0.15, 0.2) is 0 Å². The Kier molecular flexibility index (Phi) is 7.81. The summed E-state index contributed by atoms with van der Waals surface area (Å²) in [6, 6.07) is 0.782. The molecular formula is C13H27NO2. The second-order valence-electron chi connectivity index (χ2n) is 4.82. The SMILES string of the molecule is CC(C)OCCOCCCNC1CCCC1. The zero-order valence-corrected chi connectivity index (χ0v) is 10.8. The van der Waals surface area contributed by atoms with Gasteiger partial charge in [-0.15, -0.1) is 0 Å². The highest BCUT2D eigenvalue weighted by molar-refractivity contribution is 4.72. The summed E-state index contributed by atoms with van der Waals surface area (Å²) < 4.78 is 10.9. The topological polar surface area (TPSA) is 30.5 Å². The van der Waals surface area contributed by atoms with E-state index in [4.69, 9.17) is 9.47 Å². The van der Waals surface area contributed by atoms with Crippen LogP contribution in [0.1, 0.15) is 46.0 Å². The monoisotopic (exact) mass is 229 g/mol. The Hall–Kier alpha value is -0.120. The first-order valence-electron chi connectivity index (χ1n) is 6.72. The molecule has 0 unspecified atom stereocenters. The van der Waals surface area contributed by atoms with Crippen molar-refractivity contribution in [2.45, 2.75) is 58.1 Å². The van der Waals surface area contributed by atoms with Crippen LogP contribution in [0, 0.1) is 0 Å². The van der Waals surface area contributed by atoms with Gasteiger partial charge in [0.05, 0.1) is 19.3 Å². The second-order valence-corrected chi connectivity index (χ2v) is 4.82. The van der Waals surface area contributed by atoms with E-state index in [1.165, 1.54) is 25.7 Å². The van der Waals surface area contributed by atoms with Crippen molar-refractivity contribution in [2.75, 3.05) is 26.4 Å². The van der Waals surface area contributed by atoms with Crippen molar-refractivity contribution in [1.29, 1.82) is 0 Å². The average molecular weight is 229 g/mol. The number of nitrogens with one attached hydrogen (secondary N) is 1. The van der Waals surface area contributed by atoms with Crippen LogP contribution in [0.4, 0.5) is 0 Å². The van der Waals surface area contributed by atoms with Gasteiger partial charge >= 0.3 is 0 Å². The van der Waals surface area contributed by atoms with Gasteiger partial charge in [0.15, 0.2) is 0 Å². The maximum atomic E-state index is 5.48. The van der Waals surface area contributed by atoms with Crippen LogP contribution in [-0.2, 0) is 9.47 Å². The van der Waals surface area contributed by atoms with Gasteiger partial charge in [-0.25, -0.2) is 0 Å². The number of rotatable bonds is 9. The molecule has 1 N–H and O–H groups in total. The summed E-state index contributed by atoms with van der Waals surface area (Å²) in [5.74, 6) is 0. The maximum Gasteiger partial charge on any atom is 0.0703 e. The molecule has 3 heteroatoms. The normalized spacial score (nSPS) is 17.4. The molecule has 0 saturated heterocycles. The summed E-state index contributed by atoms with van der Waals surface area (Å²) in [5.41, 5.74) is 0. The van der Waals surface area contributed by atoms with E-state index in [9.17, 15) is 0 Å². The zero-order chi connectivity index (χ0) is 11.6. The predicted octanol–water partition coefficient (Wildman–Crippen LogP) is 2.35. The number of hydrogen-bond acceptors (Lipinski definition) is 3. The van der Waals surface area contributed by atoms with Crippen LogP contribution in [0.25, 0.3) is 0 Å². The summed E-state index contributed by atoms with van der Waals surface area (Å²) in [4.78, 5) is 0. The molecule has 96 valence electrons. The molecular weight excluding hydrogens is 202 g/mol. The molecule has 0 bridgehead atoms. The quantitative estimate of drug-likeness (QED) is 0.616. The summed E-state index contributed by atoms with van der Waals surface area (Å²) in [6.07, 6.45) is 6.96. The molecule has 3 nitrogen and oxygen atoms in total. The van der Waals surface area contributed by atoms with Crippen molar-refractivity contribution in [3.8, 4) is 0 Å². The fourth-order valence-electron chi connectivity index (χ4n) is 2.06. The molecule has 1 rings (SSSR count). The van der Waals surface area contributed by atoms with Crippen LogP contribution in [0.2, 0.25) is 0 Å². The first-order chi connectivity index (χ1) is 7.79. The Balaban J connectivity index is 1.74.